The molecule has 0 aromatic heterocycles. The number of nitrogens with two attached hydrogens (primary N) is 1. The lowest BCUT2D eigenvalue weighted by Crippen LogP contribution is -2.45. The van der Waals surface area contributed by atoms with Gasteiger partial charge >= 0.3 is 35.8 Å². The van der Waals surface area contributed by atoms with Crippen molar-refractivity contribution in [3.05, 3.63) is 0 Å². The Morgan fingerprint density at radius 2 is 1.16 bits per heavy atom. The highest BCUT2D eigenvalue weighted by molar-refractivity contribution is 5.95. The van der Waals surface area contributed by atoms with Crippen LogP contribution in [0.2, 0.25) is 0 Å². The van der Waals surface area contributed by atoms with Gasteiger partial charge < -0.3 is 36.1 Å². The van der Waals surface area contributed by atoms with E-state index in [1.165, 1.54) is 0 Å². The Labute approximate surface area is 180 Å². The molecule has 178 valence electrons. The first-order chi connectivity index (χ1) is 14.7. The molecule has 32 heavy (non-hydrogen) atoms. The number of hydrogen-bond acceptors (Lipinski definition) is 11. The molecular weight excluding hydrogens is 438 g/mol. The van der Waals surface area contributed by atoms with Gasteiger partial charge in [-0.3, -0.25) is 24.0 Å². The second-order valence-corrected chi connectivity index (χ2v) is 6.38. The van der Waals surface area contributed by atoms with Gasteiger partial charge in [0, 0.05) is 20.3 Å². The summed E-state index contributed by atoms with van der Waals surface area (Å²) in [5, 5.41) is 21.5. The van der Waals surface area contributed by atoms with Crippen molar-refractivity contribution in [2.75, 3.05) is 0 Å². The van der Waals surface area contributed by atoms with Gasteiger partial charge in [-0.15, -0.1) is 0 Å². The van der Waals surface area contributed by atoms with Crippen LogP contribution in [0, 0.1) is 0 Å². The fourth-order valence-corrected chi connectivity index (χ4v) is 2.10. The van der Waals surface area contributed by atoms with Crippen LogP contribution in [0.25, 0.3) is 0 Å². The maximum Gasteiger partial charge on any atom is 0.336 e. The number of nitrogens with one attached hydrogen (secondary N) is 2. The topological polar surface area (TPSA) is 246 Å². The van der Waals surface area contributed by atoms with Gasteiger partial charge in [-0.05, 0) is 6.42 Å². The molecule has 0 aromatic rings. The molecule has 15 nitrogen and oxygen atoms in total. The van der Waals surface area contributed by atoms with Crippen molar-refractivity contribution in [3.63, 3.8) is 0 Å². The molecule has 0 aliphatic carbocycles. The number of hydrogen-bond donors (Lipinski definition) is 5. The third kappa shape index (κ3) is 12.0. The lowest BCUT2D eigenvalue weighted by atomic mass is 10.1. The Morgan fingerprint density at radius 3 is 1.53 bits per heavy atom. The number of ether oxygens (including phenoxy) is 2. The van der Waals surface area contributed by atoms with Crippen LogP contribution >= 0.6 is 0 Å². The minimum Gasteiger partial charge on any atom is -0.481 e. The molecule has 0 fully saturated rings. The van der Waals surface area contributed by atoms with Crippen molar-refractivity contribution < 1.29 is 58.0 Å². The number of carbonyl (C=O) groups excluding carboxylic acids is 6. The Kier molecular flexibility index (Phi) is 11.8. The van der Waals surface area contributed by atoms with Crippen molar-refractivity contribution >= 4 is 47.6 Å². The summed E-state index contributed by atoms with van der Waals surface area (Å²) in [6, 6.07) is -4.83. The van der Waals surface area contributed by atoms with E-state index in [0.29, 0.717) is 0 Å². The smallest absolute Gasteiger partial charge is 0.336 e. The Balaban J connectivity index is 4.76. The zero-order chi connectivity index (χ0) is 25.0. The van der Waals surface area contributed by atoms with E-state index in [2.05, 4.69) is 9.47 Å². The van der Waals surface area contributed by atoms with E-state index >= 15 is 0 Å². The molecular formula is C17H23N3O12. The predicted octanol–water partition coefficient (Wildman–Crippen LogP) is -2.81. The molecule has 0 saturated heterocycles. The Morgan fingerprint density at radius 1 is 0.750 bits per heavy atom. The van der Waals surface area contributed by atoms with E-state index in [9.17, 15) is 38.4 Å². The van der Waals surface area contributed by atoms with Crippen molar-refractivity contribution in [3.8, 4) is 0 Å². The first-order valence-corrected chi connectivity index (χ1v) is 8.96. The number of carboxylic acids is 2. The van der Waals surface area contributed by atoms with Gasteiger partial charge in [-0.2, -0.15) is 0 Å². The Bertz CT molecular complexity index is 762. The number of rotatable bonds is 12. The van der Waals surface area contributed by atoms with Crippen molar-refractivity contribution in [2.24, 2.45) is 5.73 Å². The molecule has 0 aliphatic rings. The molecule has 2 amide bonds. The zero-order valence-corrected chi connectivity index (χ0v) is 17.1. The minimum absolute atomic E-state index is 0.467. The molecule has 0 aromatic carbocycles. The summed E-state index contributed by atoms with van der Waals surface area (Å²) in [6.45, 7) is 2.03. The van der Waals surface area contributed by atoms with Crippen LogP contribution in [0.1, 0.15) is 39.5 Å². The van der Waals surface area contributed by atoms with Crippen LogP contribution in [0.4, 0.5) is 0 Å². The molecule has 15 heteroatoms. The van der Waals surface area contributed by atoms with Crippen LogP contribution in [0.3, 0.4) is 0 Å². The molecule has 0 bridgehead atoms. The molecule has 0 unspecified atom stereocenters. The maximum atomic E-state index is 11.9. The van der Waals surface area contributed by atoms with E-state index in [1.54, 1.807) is 0 Å². The summed E-state index contributed by atoms with van der Waals surface area (Å²) in [6.07, 6.45) is -2.79. The van der Waals surface area contributed by atoms with E-state index in [-0.39, 0.29) is 0 Å². The summed E-state index contributed by atoms with van der Waals surface area (Å²) >= 11 is 0. The molecule has 0 spiro atoms. The van der Waals surface area contributed by atoms with E-state index in [1.807, 2.05) is 10.6 Å². The normalized spacial score (nSPS) is 13.0. The summed E-state index contributed by atoms with van der Waals surface area (Å²) < 4.78 is 8.81. The fourth-order valence-electron chi connectivity index (χ4n) is 2.10. The molecule has 0 radical (unpaired) electrons. The minimum atomic E-state index is -1.65. The van der Waals surface area contributed by atoms with Gasteiger partial charge in [-0.25, -0.2) is 14.4 Å². The fraction of sp³-hybridized carbons (Fsp3) is 0.529. The van der Waals surface area contributed by atoms with Gasteiger partial charge in [-0.1, -0.05) is 0 Å². The molecule has 6 N–H and O–H groups in total. The molecule has 3 atom stereocenters. The van der Waals surface area contributed by atoms with E-state index in [0.717, 1.165) is 13.8 Å². The molecule has 0 saturated carbocycles. The largest absolute Gasteiger partial charge is 0.481 e. The highest BCUT2D eigenvalue weighted by atomic mass is 16.6. The standard InChI is InChI=1S/C17H23N3O12/c1-7(21)19-10(5-12(23)24)16(29)31-14(27)4-3-9(18)15(28)32-17(30)11(6-13(25)26)20-8(2)22/h9-11H,3-6,18H2,1-2H3,(H,19,21)(H,20,22)(H,23,24)(H,25,26)/t9-,10-,11-/m0/s1. The SMILES string of the molecule is CC(=O)N[C@@H](CC(=O)O)C(=O)OC(=O)CC[C@H](N)C(=O)OC(=O)[C@H](CC(=O)O)NC(C)=O. The first-order valence-electron chi connectivity index (χ1n) is 8.96. The van der Waals surface area contributed by atoms with Crippen LogP contribution < -0.4 is 16.4 Å². The highest BCUT2D eigenvalue weighted by Gasteiger charge is 2.30. The molecule has 0 rings (SSSR count). The van der Waals surface area contributed by atoms with Crippen molar-refractivity contribution in [1.82, 2.24) is 10.6 Å². The summed E-state index contributed by atoms with van der Waals surface area (Å²) in [4.78, 5) is 90.8. The van der Waals surface area contributed by atoms with Crippen molar-refractivity contribution in [2.45, 2.75) is 57.7 Å². The second kappa shape index (κ2) is 13.4. The summed E-state index contributed by atoms with van der Waals surface area (Å²) in [7, 11) is 0. The Hall–Kier alpha value is -3.88. The molecule has 0 heterocycles. The summed E-state index contributed by atoms with van der Waals surface area (Å²) in [5.41, 5.74) is 5.48. The van der Waals surface area contributed by atoms with Gasteiger partial charge in [0.25, 0.3) is 0 Å². The third-order valence-electron chi connectivity index (χ3n) is 3.46. The van der Waals surface area contributed by atoms with Gasteiger partial charge in [0.15, 0.2) is 0 Å². The quantitative estimate of drug-likeness (QED) is 0.146. The zero-order valence-electron chi connectivity index (χ0n) is 17.1. The lowest BCUT2D eigenvalue weighted by molar-refractivity contribution is -0.165. The van der Waals surface area contributed by atoms with Gasteiger partial charge in [0.05, 0.1) is 12.8 Å². The van der Waals surface area contributed by atoms with E-state index < -0.39 is 91.4 Å². The van der Waals surface area contributed by atoms with Crippen LogP contribution in [-0.4, -0.2) is 76.0 Å². The van der Waals surface area contributed by atoms with Crippen LogP contribution in [0.5, 0.6) is 0 Å². The maximum absolute atomic E-state index is 11.9. The highest BCUT2D eigenvalue weighted by Crippen LogP contribution is 2.05. The summed E-state index contributed by atoms with van der Waals surface area (Å²) in [5.74, 6) is -9.65. The number of esters is 4. The number of carboxylic acid groups (broad SMARTS) is 2. The van der Waals surface area contributed by atoms with Gasteiger partial charge in [0.1, 0.15) is 18.1 Å². The number of carbonyl (C=O) groups is 8. The lowest BCUT2D eigenvalue weighted by Gasteiger charge is -2.16. The van der Waals surface area contributed by atoms with E-state index in [4.69, 9.17) is 15.9 Å². The average Bonchev–Trinajstić information content (AvgIpc) is 2.63. The van der Waals surface area contributed by atoms with Crippen LogP contribution in [0.15, 0.2) is 0 Å². The monoisotopic (exact) mass is 461 g/mol. The predicted molar refractivity (Wildman–Crippen MR) is 99.1 cm³/mol. The molecule has 0 aliphatic heterocycles. The number of aliphatic carboxylic acids is 2. The van der Waals surface area contributed by atoms with Crippen molar-refractivity contribution in [1.29, 1.82) is 0 Å². The van der Waals surface area contributed by atoms with Crippen LogP contribution in [-0.2, 0) is 47.8 Å². The number of amides is 2. The average molecular weight is 461 g/mol. The van der Waals surface area contributed by atoms with Gasteiger partial charge in [0.2, 0.25) is 11.8 Å². The second-order valence-electron chi connectivity index (χ2n) is 6.38. The first kappa shape index (κ1) is 28.1. The third-order valence-corrected chi connectivity index (χ3v) is 3.46.